The van der Waals surface area contributed by atoms with Gasteiger partial charge in [-0.3, -0.25) is 4.98 Å². The van der Waals surface area contributed by atoms with Crippen LogP contribution in [0.25, 0.3) is 79.8 Å². The topological polar surface area (TPSA) is 122 Å². The van der Waals surface area contributed by atoms with E-state index in [9.17, 15) is 0 Å². The van der Waals surface area contributed by atoms with Crippen molar-refractivity contribution >= 4 is 57.7 Å². The lowest BCUT2D eigenvalue weighted by atomic mass is 10.0. The van der Waals surface area contributed by atoms with Gasteiger partial charge in [0.2, 0.25) is 0 Å². The van der Waals surface area contributed by atoms with Crippen LogP contribution in [0, 0.1) is 0 Å². The van der Waals surface area contributed by atoms with Gasteiger partial charge < -0.3 is 21.4 Å². The van der Waals surface area contributed by atoms with Gasteiger partial charge >= 0.3 is 0 Å². The number of nitrogens with zero attached hydrogens (tertiary/aromatic N) is 3. The van der Waals surface area contributed by atoms with Crippen molar-refractivity contribution in [3.8, 4) is 33.4 Å². The number of fused-ring (bicyclic) bond motifs is 8. The van der Waals surface area contributed by atoms with Gasteiger partial charge in [0.1, 0.15) is 0 Å². The number of hydrogen-bond acceptors (Lipinski definition) is 5. The van der Waals surface area contributed by atoms with Crippen LogP contribution >= 0.6 is 0 Å². The van der Waals surface area contributed by atoms with E-state index < -0.39 is 0 Å². The Bertz CT molecular complexity index is 2230. The Kier molecular flexibility index (Phi) is 5.94. The number of nitrogens with one attached hydrogen (secondary N) is 2. The first-order valence-corrected chi connectivity index (χ1v) is 14.4. The minimum atomic E-state index is 0.474. The fraction of sp³-hybridized carbons (Fsp3) is 0. The SMILES string of the molecule is Nc1cncc(N)c1-c1c2nc(c(-c3ccccc3)c3ccc(cc4nc(c(-c5ccccc5)c5ccc1[nH]5)C=C4)[nH]3)C=C2. The third-order valence-corrected chi connectivity index (χ3v) is 7.96. The van der Waals surface area contributed by atoms with E-state index in [0.29, 0.717) is 16.9 Å². The van der Waals surface area contributed by atoms with Crippen molar-refractivity contribution in [2.75, 3.05) is 11.5 Å². The molecule has 7 heteroatoms. The molecule has 4 aromatic heterocycles. The smallest absolute Gasteiger partial charge is 0.0738 e. The highest BCUT2D eigenvalue weighted by Gasteiger charge is 2.19. The highest BCUT2D eigenvalue weighted by molar-refractivity contribution is 6.01. The molecule has 6 N–H and O–H groups in total. The average Bonchev–Trinajstić information content (AvgIpc) is 3.87. The van der Waals surface area contributed by atoms with E-state index in [4.69, 9.17) is 21.4 Å². The molecule has 0 spiro atoms. The Hall–Kier alpha value is -6.21. The lowest BCUT2D eigenvalue weighted by Crippen LogP contribution is -1.99. The van der Waals surface area contributed by atoms with Crippen molar-refractivity contribution < 1.29 is 0 Å². The summed E-state index contributed by atoms with van der Waals surface area (Å²) in [6, 6.07) is 30.9. The normalized spacial score (nSPS) is 12.1. The number of benzene rings is 2. The molecule has 44 heavy (non-hydrogen) atoms. The Balaban J connectivity index is 1.57. The van der Waals surface area contributed by atoms with Crippen molar-refractivity contribution in [1.82, 2.24) is 24.9 Å². The van der Waals surface area contributed by atoms with Gasteiger partial charge in [0, 0.05) is 44.3 Å². The first-order valence-electron chi connectivity index (χ1n) is 14.4. The molecule has 8 rings (SSSR count). The molecule has 6 aromatic rings. The zero-order chi connectivity index (χ0) is 29.6. The van der Waals surface area contributed by atoms with Crippen LogP contribution in [-0.4, -0.2) is 24.9 Å². The highest BCUT2D eigenvalue weighted by atomic mass is 14.8. The maximum Gasteiger partial charge on any atom is 0.0738 e. The van der Waals surface area contributed by atoms with Crippen LogP contribution in [0.15, 0.2) is 103 Å². The van der Waals surface area contributed by atoms with Crippen LogP contribution in [0.2, 0.25) is 0 Å². The van der Waals surface area contributed by atoms with E-state index in [2.05, 4.69) is 69.6 Å². The molecule has 0 atom stereocenters. The Labute approximate surface area is 253 Å². The number of nitrogen functional groups attached to an aromatic ring is 2. The molecule has 0 unspecified atom stereocenters. The molecule has 0 saturated carbocycles. The molecule has 2 aliphatic rings. The van der Waals surface area contributed by atoms with Crippen molar-refractivity contribution in [2.45, 2.75) is 0 Å². The fourth-order valence-corrected chi connectivity index (χ4v) is 6.00. The van der Waals surface area contributed by atoms with Gasteiger partial charge in [-0.1, -0.05) is 60.7 Å². The summed E-state index contributed by atoms with van der Waals surface area (Å²) < 4.78 is 0. The zero-order valence-corrected chi connectivity index (χ0v) is 23.6. The van der Waals surface area contributed by atoms with E-state index in [1.54, 1.807) is 12.4 Å². The van der Waals surface area contributed by atoms with Crippen molar-refractivity contribution in [2.24, 2.45) is 0 Å². The summed E-state index contributed by atoms with van der Waals surface area (Å²) in [5.41, 5.74) is 26.6. The number of aromatic amines is 2. The summed E-state index contributed by atoms with van der Waals surface area (Å²) >= 11 is 0. The second-order valence-electron chi connectivity index (χ2n) is 10.8. The van der Waals surface area contributed by atoms with Gasteiger partial charge in [-0.15, -0.1) is 0 Å². The van der Waals surface area contributed by atoms with Crippen LogP contribution in [0.1, 0.15) is 22.8 Å². The number of anilines is 2. The van der Waals surface area contributed by atoms with Crippen LogP contribution in [0.5, 0.6) is 0 Å². The Morgan fingerprint density at radius 1 is 0.477 bits per heavy atom. The molecule has 2 aliphatic heterocycles. The number of hydrogen-bond donors (Lipinski definition) is 4. The first-order chi connectivity index (χ1) is 21.6. The third kappa shape index (κ3) is 4.35. The highest BCUT2D eigenvalue weighted by Crippen LogP contribution is 2.39. The summed E-state index contributed by atoms with van der Waals surface area (Å²) in [6.07, 6.45) is 11.4. The van der Waals surface area contributed by atoms with Crippen LogP contribution < -0.4 is 11.5 Å². The van der Waals surface area contributed by atoms with Gasteiger partial charge in [-0.25, -0.2) is 9.97 Å². The summed E-state index contributed by atoms with van der Waals surface area (Å²) in [4.78, 5) is 21.8. The molecular weight excluding hydrogens is 542 g/mol. The predicted octanol–water partition coefficient (Wildman–Crippen LogP) is 8.22. The van der Waals surface area contributed by atoms with Gasteiger partial charge in [-0.05, 0) is 65.8 Å². The molecule has 210 valence electrons. The van der Waals surface area contributed by atoms with Crippen LogP contribution in [0.3, 0.4) is 0 Å². The molecule has 0 fully saturated rings. The van der Waals surface area contributed by atoms with Gasteiger partial charge in [0.25, 0.3) is 0 Å². The third-order valence-electron chi connectivity index (χ3n) is 7.96. The summed E-state index contributed by atoms with van der Waals surface area (Å²) in [5, 5.41) is 0. The number of pyridine rings is 1. The number of rotatable bonds is 3. The van der Waals surface area contributed by atoms with Gasteiger partial charge in [0.15, 0.2) is 0 Å². The molecule has 0 radical (unpaired) electrons. The van der Waals surface area contributed by atoms with E-state index in [-0.39, 0.29) is 0 Å². The zero-order valence-electron chi connectivity index (χ0n) is 23.6. The van der Waals surface area contributed by atoms with E-state index >= 15 is 0 Å². The van der Waals surface area contributed by atoms with E-state index in [0.717, 1.165) is 72.7 Å². The predicted molar refractivity (Wildman–Crippen MR) is 182 cm³/mol. The lowest BCUT2D eigenvalue weighted by molar-refractivity contribution is 1.30. The lowest BCUT2D eigenvalue weighted by Gasteiger charge is -2.10. The Morgan fingerprint density at radius 3 is 1.66 bits per heavy atom. The standard InChI is InChI=1S/C37H27N7/c38-26-20-40-21-27(39)36(26)37-32-17-15-30(43-32)34(22-7-3-1-4-8-22)28-13-11-24(41-28)19-25-12-14-29(42-25)35(23-9-5-2-6-10-23)31-16-18-33(37)44-31/h1-21,41,44H,38-39H2. The largest absolute Gasteiger partial charge is 0.397 e. The molecule has 6 heterocycles. The van der Waals surface area contributed by atoms with E-state index in [1.807, 2.05) is 60.7 Å². The van der Waals surface area contributed by atoms with E-state index in [1.165, 1.54) is 0 Å². The number of nitrogens with two attached hydrogens (primary N) is 2. The summed E-state index contributed by atoms with van der Waals surface area (Å²) in [6.45, 7) is 0. The minimum Gasteiger partial charge on any atom is -0.397 e. The molecule has 8 bridgehead atoms. The minimum absolute atomic E-state index is 0.474. The number of H-pyrrole nitrogens is 2. The van der Waals surface area contributed by atoms with Crippen molar-refractivity contribution in [3.63, 3.8) is 0 Å². The van der Waals surface area contributed by atoms with Gasteiger partial charge in [-0.2, -0.15) is 0 Å². The second-order valence-corrected chi connectivity index (χ2v) is 10.8. The molecule has 7 nitrogen and oxygen atoms in total. The summed E-state index contributed by atoms with van der Waals surface area (Å²) in [5.74, 6) is 0. The average molecular weight is 570 g/mol. The molecule has 0 aliphatic carbocycles. The summed E-state index contributed by atoms with van der Waals surface area (Å²) in [7, 11) is 0. The van der Waals surface area contributed by atoms with Crippen molar-refractivity contribution in [3.05, 3.63) is 126 Å². The van der Waals surface area contributed by atoms with Gasteiger partial charge in [0.05, 0.1) is 46.5 Å². The number of aromatic nitrogens is 5. The molecule has 2 aromatic carbocycles. The molecule has 0 saturated heterocycles. The fourth-order valence-electron chi connectivity index (χ4n) is 6.00. The second kappa shape index (κ2) is 10.3. The maximum absolute atomic E-state index is 6.56. The Morgan fingerprint density at radius 2 is 1.00 bits per heavy atom. The molecular formula is C37H27N7. The monoisotopic (exact) mass is 569 g/mol. The van der Waals surface area contributed by atoms with Crippen LogP contribution in [0.4, 0.5) is 11.4 Å². The maximum atomic E-state index is 6.56. The van der Waals surface area contributed by atoms with Crippen LogP contribution in [-0.2, 0) is 0 Å². The van der Waals surface area contributed by atoms with Crippen molar-refractivity contribution in [1.29, 1.82) is 0 Å². The quantitative estimate of drug-likeness (QED) is 0.171. The first kappa shape index (κ1) is 25.5. The molecule has 0 amide bonds.